The normalized spacial score (nSPS) is 24.2. The topological polar surface area (TPSA) is 188 Å². The highest BCUT2D eigenvalue weighted by Crippen LogP contribution is 2.53. The number of hydrogen-bond donors (Lipinski definition) is 0. The Morgan fingerprint density at radius 2 is 1.36 bits per heavy atom. The van der Waals surface area contributed by atoms with E-state index in [4.69, 9.17) is 61.3 Å². The van der Waals surface area contributed by atoms with E-state index in [-0.39, 0.29) is 55.4 Å². The highest BCUT2D eigenvalue weighted by Gasteiger charge is 2.62. The molecule has 4 aromatic rings. The molecule has 19 heteroatoms. The van der Waals surface area contributed by atoms with Crippen molar-refractivity contribution < 1.29 is 80.4 Å². The van der Waals surface area contributed by atoms with Gasteiger partial charge < -0.3 is 61.3 Å². The summed E-state index contributed by atoms with van der Waals surface area (Å²) >= 11 is 1.30. The van der Waals surface area contributed by atoms with E-state index in [1.54, 1.807) is 26.4 Å². The molecule has 17 nitrogen and oxygen atoms in total. The second-order valence-electron chi connectivity index (χ2n) is 30.1. The number of carbonyl (C=O) groups is 4. The standard InChI is InChI=1S/C83H114O17SSi/c1-19-20-21-22-32-39-74(85)97-77-63(49-75(86)89-16)48-66(51-72(93-56-62-40-42-64(88-15)43-41-62)59(3)94-57-92-55-61-33-26-23-27-34-61)99-83(77,91-18)80(11,12)45-44-65-46-58(2)47-69(96-65)54-82(90-17)81(13,14)73(95-60(4)84)52-67(98-82)50-68(53-76(87)101-78(5,6)7)100-102(79(8,9)10,70-35-28-24-29-36-70)71-37-30-25-31-38-71/h21-45,49,59,65-69,72-73,77H,2,19-20,46-48,50-57H2,1,3-18H3/t59-,65+,66+,67-,68?,69+,72-,73+,77+,82+,83-/m1/s1. The van der Waals surface area contributed by atoms with Gasteiger partial charge in [0.05, 0.1) is 75.6 Å². The number of allylic oxidation sites excluding steroid dienone is 3. The van der Waals surface area contributed by atoms with Crippen LogP contribution in [0.1, 0.15) is 165 Å². The molecule has 558 valence electrons. The van der Waals surface area contributed by atoms with Crippen molar-refractivity contribution in [1.82, 2.24) is 0 Å². The lowest BCUT2D eigenvalue weighted by Gasteiger charge is -2.56. The third-order valence-electron chi connectivity index (χ3n) is 19.5. The first-order chi connectivity index (χ1) is 48.3. The van der Waals surface area contributed by atoms with Crippen LogP contribution in [0.3, 0.4) is 0 Å². The number of esters is 3. The third kappa shape index (κ3) is 22.1. The lowest BCUT2D eigenvalue weighted by Crippen LogP contribution is -2.68. The zero-order valence-corrected chi connectivity index (χ0v) is 65.3. The van der Waals surface area contributed by atoms with Crippen LogP contribution in [0.2, 0.25) is 5.04 Å². The van der Waals surface area contributed by atoms with E-state index in [9.17, 15) is 19.2 Å². The predicted octanol–water partition coefficient (Wildman–Crippen LogP) is 15.6. The molecule has 0 radical (unpaired) electrons. The predicted molar refractivity (Wildman–Crippen MR) is 402 cm³/mol. The number of methoxy groups -OCH3 is 4. The van der Waals surface area contributed by atoms with E-state index in [0.29, 0.717) is 37.2 Å². The number of rotatable bonds is 34. The highest BCUT2D eigenvalue weighted by molar-refractivity contribution is 8.14. The number of carbonyl (C=O) groups excluding carboxylic acids is 4. The summed E-state index contributed by atoms with van der Waals surface area (Å²) in [6, 6.07) is 38.2. The number of unbranched alkanes of at least 4 members (excludes halogenated alkanes) is 1. The van der Waals surface area contributed by atoms with Crippen molar-refractivity contribution in [3.63, 3.8) is 0 Å². The summed E-state index contributed by atoms with van der Waals surface area (Å²) in [6.45, 7) is 31.1. The van der Waals surface area contributed by atoms with Gasteiger partial charge in [0.2, 0.25) is 5.79 Å². The van der Waals surface area contributed by atoms with Crippen molar-refractivity contribution in [2.45, 2.75) is 244 Å². The minimum Gasteiger partial charge on any atom is -0.497 e. The maximum atomic E-state index is 14.4. The molecule has 3 saturated heterocycles. The molecule has 0 aliphatic carbocycles. The number of hydrogen-bond acceptors (Lipinski definition) is 18. The largest absolute Gasteiger partial charge is 0.497 e. The maximum absolute atomic E-state index is 14.4. The van der Waals surface area contributed by atoms with Gasteiger partial charge in [-0.3, -0.25) is 9.59 Å². The minimum atomic E-state index is -3.26. The fraction of sp³-hybridized carbons (Fsp3) is 0.542. The van der Waals surface area contributed by atoms with Gasteiger partial charge in [-0.1, -0.05) is 240 Å². The summed E-state index contributed by atoms with van der Waals surface area (Å²) < 4.78 is 85.6. The van der Waals surface area contributed by atoms with Crippen LogP contribution in [-0.2, 0) is 88.9 Å². The molecule has 11 atom stereocenters. The summed E-state index contributed by atoms with van der Waals surface area (Å²) in [5.74, 6) is -4.37. The molecule has 3 aliphatic heterocycles. The third-order valence-corrected chi connectivity index (χ3v) is 25.6. The van der Waals surface area contributed by atoms with Crippen molar-refractivity contribution in [2.24, 2.45) is 10.8 Å². The van der Waals surface area contributed by atoms with Gasteiger partial charge in [0.25, 0.3) is 8.32 Å². The fourth-order valence-corrected chi connectivity index (χ4v) is 19.9. The average Bonchev–Trinajstić information content (AvgIpc) is 0.746. The summed E-state index contributed by atoms with van der Waals surface area (Å²) in [4.78, 5) is 55.6. The Balaban J connectivity index is 1.24. The summed E-state index contributed by atoms with van der Waals surface area (Å²) in [5, 5.41) is 1.73. The van der Waals surface area contributed by atoms with Crippen molar-refractivity contribution >= 4 is 53.5 Å². The Labute approximate surface area is 612 Å². The van der Waals surface area contributed by atoms with Crippen LogP contribution in [0.15, 0.2) is 176 Å². The van der Waals surface area contributed by atoms with Crippen LogP contribution in [0.5, 0.6) is 5.75 Å². The van der Waals surface area contributed by atoms with Gasteiger partial charge in [0, 0.05) is 69.1 Å². The molecule has 0 spiro atoms. The first-order valence-electron chi connectivity index (χ1n) is 35.8. The Morgan fingerprint density at radius 3 is 1.94 bits per heavy atom. The summed E-state index contributed by atoms with van der Waals surface area (Å²) in [6.07, 6.45) is 9.45. The Morgan fingerprint density at radius 1 is 0.725 bits per heavy atom. The average molecular weight is 1440 g/mol. The zero-order valence-electron chi connectivity index (χ0n) is 63.5. The van der Waals surface area contributed by atoms with E-state index in [0.717, 1.165) is 39.9 Å². The molecule has 4 aromatic carbocycles. The Hall–Kier alpha value is -6.33. The Kier molecular flexibility index (Phi) is 30.6. The second kappa shape index (κ2) is 37.6. The quantitative estimate of drug-likeness (QED) is 0.00627. The van der Waals surface area contributed by atoms with Crippen LogP contribution >= 0.6 is 11.8 Å². The molecule has 3 heterocycles. The zero-order chi connectivity index (χ0) is 74.5. The molecule has 1 unspecified atom stereocenters. The van der Waals surface area contributed by atoms with Gasteiger partial charge in [-0.25, -0.2) is 9.59 Å². The minimum absolute atomic E-state index is 0.00628. The summed E-state index contributed by atoms with van der Waals surface area (Å²) in [5.41, 5.74) is 1.02. The smallest absolute Gasteiger partial charge is 0.331 e. The van der Waals surface area contributed by atoms with Gasteiger partial charge >= 0.3 is 17.9 Å². The van der Waals surface area contributed by atoms with E-state index in [1.165, 1.54) is 45.1 Å². The first-order valence-corrected chi connectivity index (χ1v) is 38.5. The lowest BCUT2D eigenvalue weighted by atomic mass is 9.70. The molecule has 0 saturated carbocycles. The molecule has 0 N–H and O–H groups in total. The van der Waals surface area contributed by atoms with E-state index in [1.807, 2.05) is 165 Å². The second-order valence-corrected chi connectivity index (χ2v) is 36.3. The molecule has 3 fully saturated rings. The Bertz CT molecular complexity index is 3410. The summed E-state index contributed by atoms with van der Waals surface area (Å²) in [7, 11) is 2.77. The number of benzene rings is 4. The van der Waals surface area contributed by atoms with Crippen molar-refractivity contribution in [3.8, 4) is 5.75 Å². The van der Waals surface area contributed by atoms with Crippen LogP contribution in [0.25, 0.3) is 0 Å². The molecule has 0 aromatic heterocycles. The van der Waals surface area contributed by atoms with Gasteiger partial charge in [-0.15, -0.1) is 0 Å². The van der Waals surface area contributed by atoms with Crippen molar-refractivity contribution in [1.29, 1.82) is 0 Å². The molecular weight excluding hydrogens is 1330 g/mol. The van der Waals surface area contributed by atoms with Crippen LogP contribution in [0, 0.1) is 10.8 Å². The van der Waals surface area contributed by atoms with Gasteiger partial charge in [0.1, 0.15) is 18.6 Å². The van der Waals surface area contributed by atoms with E-state index in [2.05, 4.69) is 58.5 Å². The highest BCUT2D eigenvalue weighted by atomic mass is 32.2. The van der Waals surface area contributed by atoms with Gasteiger partial charge in [-0.2, -0.15) is 0 Å². The molecule has 0 amide bonds. The van der Waals surface area contributed by atoms with Crippen LogP contribution in [-0.4, -0.2) is 138 Å². The van der Waals surface area contributed by atoms with Gasteiger partial charge in [-0.05, 0) is 83.3 Å². The van der Waals surface area contributed by atoms with Crippen LogP contribution in [0.4, 0.5) is 0 Å². The van der Waals surface area contributed by atoms with E-state index >= 15 is 0 Å². The van der Waals surface area contributed by atoms with Gasteiger partial charge in [0.15, 0.2) is 17.0 Å². The first kappa shape index (κ1) is 82.9. The molecule has 3 aliphatic rings. The maximum Gasteiger partial charge on any atom is 0.331 e. The molecule has 0 bridgehead atoms. The number of ether oxygens (including phenoxy) is 12. The molecular formula is C83H114O17SSi. The molecule has 7 rings (SSSR count). The SMILES string of the molecule is C=C1C[C@@H](C[C@]2(OC)O[C@H](CC(CC(=O)SC(C)(C)C)O[Si](c3ccccc3)(c3ccccc3)C(C)(C)C)C[C@H](OC(C)=O)C2(C)C)O[C@@H](C=CC(C)(C)[C@]2(OC)O[C@H](C[C@@H](OCc3ccc(OC)cc3)[C@@H](C)OCOCc3ccccc3)CC(=CC(=O)OC)[C@@H]2OC(=O)C=CC=CCCC)C1. The number of thioether (sulfide) groups is 1. The monoisotopic (exact) mass is 1440 g/mol. The fourth-order valence-electron chi connectivity index (χ4n) is 14.2. The van der Waals surface area contributed by atoms with E-state index < -0.39 is 109 Å². The lowest BCUT2D eigenvalue weighted by molar-refractivity contribution is -0.358. The van der Waals surface area contributed by atoms with Crippen molar-refractivity contribution in [3.05, 3.63) is 187 Å². The van der Waals surface area contributed by atoms with Crippen molar-refractivity contribution in [2.75, 3.05) is 35.2 Å². The van der Waals surface area contributed by atoms with Crippen LogP contribution < -0.4 is 15.1 Å². The molecule has 102 heavy (non-hydrogen) atoms.